The van der Waals surface area contributed by atoms with Crippen LogP contribution in [0.3, 0.4) is 0 Å². The first-order valence-corrected chi connectivity index (χ1v) is 8.70. The molecule has 2 amide bonds. The Hall–Kier alpha value is -2.02. The van der Waals surface area contributed by atoms with Crippen LogP contribution in [0, 0.1) is 5.92 Å². The summed E-state index contributed by atoms with van der Waals surface area (Å²) < 4.78 is 0. The minimum Gasteiger partial charge on any atom is -0.481 e. The monoisotopic (exact) mass is 338 g/mol. The molecule has 0 bridgehead atoms. The number of rotatable bonds is 9. The lowest BCUT2D eigenvalue weighted by atomic mass is 10.1. The molecule has 0 saturated carbocycles. The van der Waals surface area contributed by atoms with Crippen molar-refractivity contribution in [2.45, 2.75) is 19.4 Å². The van der Waals surface area contributed by atoms with Crippen molar-refractivity contribution in [1.82, 2.24) is 10.6 Å². The maximum absolute atomic E-state index is 12.2. The number of amides is 2. The van der Waals surface area contributed by atoms with Crippen LogP contribution in [0.15, 0.2) is 30.3 Å². The Balaban J connectivity index is 2.65. The van der Waals surface area contributed by atoms with Crippen LogP contribution in [0.2, 0.25) is 0 Å². The SMILES string of the molecule is CSCCC(NC(=O)c1ccccc1)C(=O)NCC(C)C(=O)O. The summed E-state index contributed by atoms with van der Waals surface area (Å²) in [5, 5.41) is 14.1. The van der Waals surface area contributed by atoms with Crippen LogP contribution in [0.25, 0.3) is 0 Å². The summed E-state index contributed by atoms with van der Waals surface area (Å²) >= 11 is 1.57. The first kappa shape index (κ1) is 19.0. The molecule has 0 aliphatic rings. The Morgan fingerprint density at radius 2 is 1.87 bits per heavy atom. The molecule has 126 valence electrons. The fourth-order valence-electron chi connectivity index (χ4n) is 1.80. The Kier molecular flexibility index (Phi) is 8.18. The van der Waals surface area contributed by atoms with Crippen molar-refractivity contribution in [2.75, 3.05) is 18.6 Å². The largest absolute Gasteiger partial charge is 0.481 e. The molecule has 2 atom stereocenters. The highest BCUT2D eigenvalue weighted by molar-refractivity contribution is 7.98. The number of aliphatic carboxylic acids is 1. The lowest BCUT2D eigenvalue weighted by molar-refractivity contribution is -0.141. The van der Waals surface area contributed by atoms with E-state index in [-0.39, 0.29) is 18.4 Å². The number of benzene rings is 1. The summed E-state index contributed by atoms with van der Waals surface area (Å²) in [7, 11) is 0. The second kappa shape index (κ2) is 9.89. The lowest BCUT2D eigenvalue weighted by Crippen LogP contribution is -2.48. The topological polar surface area (TPSA) is 95.5 Å². The zero-order chi connectivity index (χ0) is 17.2. The normalized spacial score (nSPS) is 13.0. The summed E-state index contributed by atoms with van der Waals surface area (Å²) in [6.45, 7) is 1.55. The molecule has 2 unspecified atom stereocenters. The fraction of sp³-hybridized carbons (Fsp3) is 0.438. The average Bonchev–Trinajstić information content (AvgIpc) is 2.56. The molecular formula is C16H22N2O4S. The standard InChI is InChI=1S/C16H22N2O4S/c1-11(16(21)22)10-17-15(20)13(8-9-23-2)18-14(19)12-6-4-3-5-7-12/h3-7,11,13H,8-10H2,1-2H3,(H,17,20)(H,18,19)(H,21,22). The van der Waals surface area contributed by atoms with Crippen molar-refractivity contribution < 1.29 is 19.5 Å². The third-order valence-electron chi connectivity index (χ3n) is 3.27. The highest BCUT2D eigenvalue weighted by atomic mass is 32.2. The van der Waals surface area contributed by atoms with Crippen LogP contribution in [0.1, 0.15) is 23.7 Å². The zero-order valence-corrected chi connectivity index (χ0v) is 14.1. The number of carbonyl (C=O) groups is 3. The molecule has 0 aliphatic heterocycles. The van der Waals surface area contributed by atoms with Crippen molar-refractivity contribution in [2.24, 2.45) is 5.92 Å². The zero-order valence-electron chi connectivity index (χ0n) is 13.2. The number of hydrogen-bond donors (Lipinski definition) is 3. The van der Waals surface area contributed by atoms with Crippen molar-refractivity contribution in [1.29, 1.82) is 0 Å². The van der Waals surface area contributed by atoms with Crippen LogP contribution in [-0.4, -0.2) is 47.5 Å². The quantitative estimate of drug-likeness (QED) is 0.632. The highest BCUT2D eigenvalue weighted by Crippen LogP contribution is 2.05. The minimum atomic E-state index is -0.973. The third kappa shape index (κ3) is 6.73. The van der Waals surface area contributed by atoms with E-state index in [4.69, 9.17) is 5.11 Å². The van der Waals surface area contributed by atoms with E-state index in [1.165, 1.54) is 6.92 Å². The predicted molar refractivity (Wildman–Crippen MR) is 90.5 cm³/mol. The van der Waals surface area contributed by atoms with Gasteiger partial charge >= 0.3 is 5.97 Å². The summed E-state index contributed by atoms with van der Waals surface area (Å²) in [5.74, 6) is -1.62. The number of carbonyl (C=O) groups excluding carboxylic acids is 2. The predicted octanol–water partition coefficient (Wildman–Crippen LogP) is 1.38. The van der Waals surface area contributed by atoms with E-state index in [9.17, 15) is 14.4 Å². The first-order valence-electron chi connectivity index (χ1n) is 7.31. The number of carboxylic acid groups (broad SMARTS) is 1. The number of carboxylic acids is 1. The van der Waals surface area contributed by atoms with Crippen molar-refractivity contribution in [3.8, 4) is 0 Å². The second-order valence-corrected chi connectivity index (χ2v) is 6.14. The Morgan fingerprint density at radius 3 is 2.43 bits per heavy atom. The Morgan fingerprint density at radius 1 is 1.22 bits per heavy atom. The third-order valence-corrected chi connectivity index (χ3v) is 3.92. The van der Waals surface area contributed by atoms with Crippen LogP contribution in [0.5, 0.6) is 0 Å². The van der Waals surface area contributed by atoms with Gasteiger partial charge in [0.1, 0.15) is 6.04 Å². The molecule has 0 saturated heterocycles. The number of thioether (sulfide) groups is 1. The van der Waals surface area contributed by atoms with Gasteiger partial charge in [-0.25, -0.2) is 0 Å². The van der Waals surface area contributed by atoms with Gasteiger partial charge < -0.3 is 15.7 Å². The highest BCUT2D eigenvalue weighted by Gasteiger charge is 2.22. The molecule has 0 spiro atoms. The van der Waals surface area contributed by atoms with Gasteiger partial charge in [0.2, 0.25) is 5.91 Å². The smallest absolute Gasteiger partial charge is 0.308 e. The van der Waals surface area contributed by atoms with Gasteiger partial charge in [-0.2, -0.15) is 11.8 Å². The molecule has 0 fully saturated rings. The van der Waals surface area contributed by atoms with E-state index in [0.717, 1.165) is 0 Å². The minimum absolute atomic E-state index is 0.0329. The number of nitrogens with one attached hydrogen (secondary N) is 2. The van der Waals surface area contributed by atoms with E-state index in [1.807, 2.05) is 12.3 Å². The molecule has 1 aromatic carbocycles. The van der Waals surface area contributed by atoms with Gasteiger partial charge in [0, 0.05) is 12.1 Å². The molecule has 1 aromatic rings. The molecule has 3 N–H and O–H groups in total. The molecule has 0 heterocycles. The van der Waals surface area contributed by atoms with Crippen molar-refractivity contribution in [3.05, 3.63) is 35.9 Å². The molecule has 23 heavy (non-hydrogen) atoms. The fourth-order valence-corrected chi connectivity index (χ4v) is 2.27. The molecular weight excluding hydrogens is 316 g/mol. The van der Waals surface area contributed by atoms with E-state index in [2.05, 4.69) is 10.6 Å². The molecule has 0 aromatic heterocycles. The van der Waals surface area contributed by atoms with E-state index in [0.29, 0.717) is 17.7 Å². The van der Waals surface area contributed by atoms with Crippen LogP contribution in [-0.2, 0) is 9.59 Å². The van der Waals surface area contributed by atoms with Gasteiger partial charge in [0.05, 0.1) is 5.92 Å². The van der Waals surface area contributed by atoms with E-state index in [1.54, 1.807) is 36.0 Å². The van der Waals surface area contributed by atoms with Gasteiger partial charge in [-0.3, -0.25) is 14.4 Å². The lowest BCUT2D eigenvalue weighted by Gasteiger charge is -2.19. The average molecular weight is 338 g/mol. The van der Waals surface area contributed by atoms with Crippen molar-refractivity contribution in [3.63, 3.8) is 0 Å². The van der Waals surface area contributed by atoms with Crippen molar-refractivity contribution >= 4 is 29.5 Å². The van der Waals surface area contributed by atoms with Gasteiger partial charge in [-0.15, -0.1) is 0 Å². The first-order chi connectivity index (χ1) is 11.0. The maximum Gasteiger partial charge on any atom is 0.308 e. The molecule has 6 nitrogen and oxygen atoms in total. The van der Waals surface area contributed by atoms with E-state index < -0.39 is 17.9 Å². The summed E-state index contributed by atoms with van der Waals surface area (Å²) in [4.78, 5) is 35.2. The van der Waals surface area contributed by atoms with Crippen LogP contribution in [0.4, 0.5) is 0 Å². The van der Waals surface area contributed by atoms with Crippen LogP contribution < -0.4 is 10.6 Å². The Labute approximate surface area is 140 Å². The van der Waals surface area contributed by atoms with Gasteiger partial charge in [-0.1, -0.05) is 25.1 Å². The maximum atomic E-state index is 12.2. The van der Waals surface area contributed by atoms with Gasteiger partial charge in [0.15, 0.2) is 0 Å². The molecule has 0 aliphatic carbocycles. The molecule has 0 radical (unpaired) electrons. The summed E-state index contributed by atoms with van der Waals surface area (Å²) in [6.07, 6.45) is 2.40. The van der Waals surface area contributed by atoms with Gasteiger partial charge in [-0.05, 0) is 30.6 Å². The second-order valence-electron chi connectivity index (χ2n) is 5.16. The molecule has 1 rings (SSSR count). The summed E-state index contributed by atoms with van der Waals surface area (Å²) in [6, 6.07) is 7.97. The molecule has 7 heteroatoms. The van der Waals surface area contributed by atoms with Crippen LogP contribution >= 0.6 is 11.8 Å². The van der Waals surface area contributed by atoms with E-state index >= 15 is 0 Å². The summed E-state index contributed by atoms with van der Waals surface area (Å²) in [5.41, 5.74) is 0.480. The van der Waals surface area contributed by atoms with Gasteiger partial charge in [0.25, 0.3) is 5.91 Å². The number of hydrogen-bond acceptors (Lipinski definition) is 4. The Bertz CT molecular complexity index is 536.